The Kier molecular flexibility index (Phi) is 3.82. The topological polar surface area (TPSA) is 47.0 Å². The maximum Gasteiger partial charge on any atom is 0.227 e. The van der Waals surface area contributed by atoms with Crippen molar-refractivity contribution in [2.75, 3.05) is 12.4 Å². The van der Waals surface area contributed by atoms with Crippen LogP contribution in [-0.4, -0.2) is 23.1 Å². The number of fused-ring (bicyclic) bond motifs is 1. The van der Waals surface area contributed by atoms with Gasteiger partial charge in [0.2, 0.25) is 11.8 Å². The molecule has 5 heteroatoms. The van der Waals surface area contributed by atoms with Gasteiger partial charge in [-0.25, -0.2) is 4.98 Å². The Hall–Kier alpha value is -1.36. The van der Waals surface area contributed by atoms with Crippen LogP contribution >= 0.6 is 11.3 Å². The first kappa shape index (κ1) is 12.7. The summed E-state index contributed by atoms with van der Waals surface area (Å²) in [5.41, 5.74) is 0. The molecule has 0 spiro atoms. The molecule has 0 radical (unpaired) electrons. The van der Waals surface area contributed by atoms with Gasteiger partial charge < -0.3 is 10.1 Å². The zero-order valence-electron chi connectivity index (χ0n) is 11.2. The van der Waals surface area contributed by atoms with E-state index in [0.717, 1.165) is 28.9 Å². The summed E-state index contributed by atoms with van der Waals surface area (Å²) in [6.07, 6.45) is 7.79. The molecule has 2 heterocycles. The lowest BCUT2D eigenvalue weighted by molar-refractivity contribution is 0.179. The average molecular weight is 277 g/mol. The molecule has 1 fully saturated rings. The number of anilines is 1. The van der Waals surface area contributed by atoms with Crippen LogP contribution in [0.1, 0.15) is 38.5 Å². The van der Waals surface area contributed by atoms with E-state index in [1.54, 1.807) is 11.3 Å². The van der Waals surface area contributed by atoms with Gasteiger partial charge in [0.1, 0.15) is 10.9 Å². The van der Waals surface area contributed by atoms with E-state index in [9.17, 15) is 0 Å². The predicted octanol–water partition coefficient (Wildman–Crippen LogP) is 3.83. The van der Waals surface area contributed by atoms with Crippen LogP contribution < -0.4 is 10.1 Å². The van der Waals surface area contributed by atoms with Gasteiger partial charge >= 0.3 is 0 Å². The van der Waals surface area contributed by atoms with Crippen molar-refractivity contribution in [1.29, 1.82) is 0 Å². The van der Waals surface area contributed by atoms with E-state index in [0.29, 0.717) is 12.1 Å². The molecule has 4 nitrogen and oxygen atoms in total. The molecule has 1 saturated carbocycles. The van der Waals surface area contributed by atoms with Crippen molar-refractivity contribution in [3.8, 4) is 5.88 Å². The monoisotopic (exact) mass is 277 g/mol. The maximum absolute atomic E-state index is 6.16. The third-order valence-electron chi connectivity index (χ3n) is 3.59. The maximum atomic E-state index is 6.16. The fourth-order valence-corrected chi connectivity index (χ4v) is 3.30. The van der Waals surface area contributed by atoms with Crippen molar-refractivity contribution in [1.82, 2.24) is 9.97 Å². The highest BCUT2D eigenvalue weighted by Crippen LogP contribution is 2.30. The number of nitrogens with one attached hydrogen (secondary N) is 1. The highest BCUT2D eigenvalue weighted by molar-refractivity contribution is 7.16. The minimum atomic E-state index is 0.310. The van der Waals surface area contributed by atoms with E-state index in [1.165, 1.54) is 25.7 Å². The average Bonchev–Trinajstić information content (AvgIpc) is 2.76. The van der Waals surface area contributed by atoms with Gasteiger partial charge in [0.25, 0.3) is 0 Å². The van der Waals surface area contributed by atoms with Crippen LogP contribution in [0.2, 0.25) is 0 Å². The summed E-state index contributed by atoms with van der Waals surface area (Å²) < 4.78 is 6.16. The molecule has 0 amide bonds. The smallest absolute Gasteiger partial charge is 0.227 e. The van der Waals surface area contributed by atoms with Crippen LogP contribution in [0.15, 0.2) is 11.4 Å². The molecule has 0 bridgehead atoms. The van der Waals surface area contributed by atoms with Crippen LogP contribution in [0.5, 0.6) is 5.88 Å². The molecule has 1 aliphatic rings. The second kappa shape index (κ2) is 5.74. The summed E-state index contributed by atoms with van der Waals surface area (Å²) in [5.74, 6) is 1.38. The van der Waals surface area contributed by atoms with E-state index >= 15 is 0 Å². The zero-order valence-corrected chi connectivity index (χ0v) is 12.0. The van der Waals surface area contributed by atoms with Gasteiger partial charge in [-0.05, 0) is 37.1 Å². The van der Waals surface area contributed by atoms with Crippen molar-refractivity contribution < 1.29 is 4.74 Å². The van der Waals surface area contributed by atoms with Crippen LogP contribution in [0, 0.1) is 0 Å². The van der Waals surface area contributed by atoms with Crippen molar-refractivity contribution in [2.45, 2.75) is 44.6 Å². The third-order valence-corrected chi connectivity index (χ3v) is 4.40. The third kappa shape index (κ3) is 2.81. The van der Waals surface area contributed by atoms with Gasteiger partial charge in [-0.2, -0.15) is 4.98 Å². The van der Waals surface area contributed by atoms with Crippen molar-refractivity contribution in [2.24, 2.45) is 0 Å². The summed E-state index contributed by atoms with van der Waals surface area (Å²) in [6, 6.07) is 2.05. The number of thiophene rings is 1. The number of hydrogen-bond donors (Lipinski definition) is 1. The first-order valence-corrected chi connectivity index (χ1v) is 7.84. The Morgan fingerprint density at radius 3 is 2.74 bits per heavy atom. The quantitative estimate of drug-likeness (QED) is 0.866. The molecule has 1 aliphatic carbocycles. The lowest BCUT2D eigenvalue weighted by Gasteiger charge is -2.17. The molecule has 2 aromatic heterocycles. The number of nitrogens with zero attached hydrogens (tertiary/aromatic N) is 2. The first-order valence-electron chi connectivity index (χ1n) is 6.96. The summed E-state index contributed by atoms with van der Waals surface area (Å²) in [6.45, 7) is 0. The number of hydrogen-bond acceptors (Lipinski definition) is 5. The number of aromatic nitrogens is 2. The number of rotatable bonds is 3. The van der Waals surface area contributed by atoms with E-state index in [4.69, 9.17) is 4.74 Å². The SMILES string of the molecule is CNc1nc(OC2CCCCCC2)c2ccsc2n1. The van der Waals surface area contributed by atoms with E-state index in [1.807, 2.05) is 18.5 Å². The van der Waals surface area contributed by atoms with Crippen LogP contribution in [-0.2, 0) is 0 Å². The fourth-order valence-electron chi connectivity index (χ4n) is 2.55. The Balaban J connectivity index is 1.87. The lowest BCUT2D eigenvalue weighted by atomic mass is 10.1. The number of ether oxygens (including phenoxy) is 1. The van der Waals surface area contributed by atoms with E-state index in [2.05, 4.69) is 15.3 Å². The van der Waals surface area contributed by atoms with Crippen molar-refractivity contribution >= 4 is 27.5 Å². The lowest BCUT2D eigenvalue weighted by Crippen LogP contribution is -2.16. The molecule has 0 saturated heterocycles. The fraction of sp³-hybridized carbons (Fsp3) is 0.571. The molecule has 19 heavy (non-hydrogen) atoms. The molecule has 3 rings (SSSR count). The molecule has 0 aromatic carbocycles. The predicted molar refractivity (Wildman–Crippen MR) is 79.1 cm³/mol. The largest absolute Gasteiger partial charge is 0.474 e. The molecule has 0 atom stereocenters. The minimum Gasteiger partial charge on any atom is -0.474 e. The zero-order chi connectivity index (χ0) is 13.1. The molecule has 0 unspecified atom stereocenters. The Morgan fingerprint density at radius 2 is 2.00 bits per heavy atom. The van der Waals surface area contributed by atoms with Gasteiger partial charge in [-0.3, -0.25) is 0 Å². The van der Waals surface area contributed by atoms with Crippen LogP contribution in [0.3, 0.4) is 0 Å². The van der Waals surface area contributed by atoms with Crippen molar-refractivity contribution in [3.05, 3.63) is 11.4 Å². The molecule has 102 valence electrons. The molecular weight excluding hydrogens is 258 g/mol. The summed E-state index contributed by atoms with van der Waals surface area (Å²) in [7, 11) is 1.84. The van der Waals surface area contributed by atoms with E-state index in [-0.39, 0.29) is 0 Å². The second-order valence-electron chi connectivity index (χ2n) is 4.97. The highest BCUT2D eigenvalue weighted by Gasteiger charge is 2.17. The standard InChI is InChI=1S/C14H19N3OS/c1-15-14-16-12(11-8-9-19-13(11)17-14)18-10-6-4-2-3-5-7-10/h8-10H,2-7H2,1H3,(H,15,16,17). The Labute approximate surface area is 117 Å². The second-order valence-corrected chi connectivity index (χ2v) is 5.87. The summed E-state index contributed by atoms with van der Waals surface area (Å²) in [5, 5.41) is 6.08. The van der Waals surface area contributed by atoms with Crippen molar-refractivity contribution in [3.63, 3.8) is 0 Å². The first-order chi connectivity index (χ1) is 9.36. The normalized spacial score (nSPS) is 17.3. The van der Waals surface area contributed by atoms with Gasteiger partial charge in [0, 0.05) is 7.05 Å². The van der Waals surface area contributed by atoms with Gasteiger partial charge in [0.15, 0.2) is 0 Å². The van der Waals surface area contributed by atoms with Gasteiger partial charge in [0.05, 0.1) is 5.39 Å². The van der Waals surface area contributed by atoms with Crippen LogP contribution in [0.4, 0.5) is 5.95 Å². The molecule has 1 N–H and O–H groups in total. The van der Waals surface area contributed by atoms with Gasteiger partial charge in [-0.1, -0.05) is 12.8 Å². The van der Waals surface area contributed by atoms with Gasteiger partial charge in [-0.15, -0.1) is 11.3 Å². The summed E-state index contributed by atoms with van der Waals surface area (Å²) in [4.78, 5) is 9.91. The summed E-state index contributed by atoms with van der Waals surface area (Å²) >= 11 is 1.63. The minimum absolute atomic E-state index is 0.310. The molecular formula is C14H19N3OS. The molecule has 0 aliphatic heterocycles. The van der Waals surface area contributed by atoms with Crippen LogP contribution in [0.25, 0.3) is 10.2 Å². The Bertz CT molecular complexity index is 547. The van der Waals surface area contributed by atoms with E-state index < -0.39 is 0 Å². The Morgan fingerprint density at radius 1 is 1.21 bits per heavy atom. The highest BCUT2D eigenvalue weighted by atomic mass is 32.1. The molecule has 2 aromatic rings.